The van der Waals surface area contributed by atoms with Gasteiger partial charge in [-0.05, 0) is 31.9 Å². The molecule has 2 heterocycles. The number of hydrogen-bond donors (Lipinski definition) is 0. The molecule has 0 aliphatic heterocycles. The van der Waals surface area contributed by atoms with Crippen molar-refractivity contribution in [2.45, 2.75) is 27.3 Å². The molecule has 0 aliphatic rings. The molecule has 0 fully saturated rings. The molecule has 0 N–H and O–H groups in total. The largest absolute Gasteiger partial charge is 0.465 e. The maximum absolute atomic E-state index is 12.8. The molecule has 2 aromatic heterocycles. The van der Waals surface area contributed by atoms with Gasteiger partial charge in [-0.2, -0.15) is 0 Å². The Hall–Kier alpha value is -2.47. The Morgan fingerprint density at radius 1 is 1.29 bits per heavy atom. The van der Waals surface area contributed by atoms with Crippen molar-refractivity contribution in [1.82, 2.24) is 9.55 Å². The number of ether oxygens (including phenoxy) is 1. The van der Waals surface area contributed by atoms with Gasteiger partial charge in [-0.25, -0.2) is 4.98 Å². The van der Waals surface area contributed by atoms with Gasteiger partial charge in [0.2, 0.25) is 0 Å². The van der Waals surface area contributed by atoms with E-state index in [0.717, 1.165) is 16.7 Å². The Labute approximate surface area is 143 Å². The zero-order valence-electron chi connectivity index (χ0n) is 13.8. The highest BCUT2D eigenvalue weighted by Gasteiger charge is 2.16. The second-order valence-corrected chi connectivity index (χ2v) is 6.49. The molecule has 0 aliphatic carbocycles. The zero-order chi connectivity index (χ0) is 17.3. The molecule has 5 nitrogen and oxygen atoms in total. The quantitative estimate of drug-likeness (QED) is 0.683. The van der Waals surface area contributed by atoms with Gasteiger partial charge in [0.15, 0.2) is 0 Å². The first kappa shape index (κ1) is 16.4. The van der Waals surface area contributed by atoms with E-state index in [1.807, 2.05) is 31.4 Å². The molecular formula is C18H18N2O3S. The third-order valence-electron chi connectivity index (χ3n) is 3.84. The molecule has 0 bridgehead atoms. The minimum absolute atomic E-state index is 0.127. The van der Waals surface area contributed by atoms with E-state index in [9.17, 15) is 9.59 Å². The van der Waals surface area contributed by atoms with Crippen molar-refractivity contribution >= 4 is 27.5 Å². The van der Waals surface area contributed by atoms with Gasteiger partial charge in [0, 0.05) is 10.9 Å². The summed E-state index contributed by atoms with van der Waals surface area (Å²) in [4.78, 5) is 29.5. The van der Waals surface area contributed by atoms with Crippen molar-refractivity contribution in [2.24, 2.45) is 0 Å². The molecule has 24 heavy (non-hydrogen) atoms. The number of aryl methyl sites for hydroxylation is 2. The van der Waals surface area contributed by atoms with E-state index in [-0.39, 0.29) is 18.7 Å². The highest BCUT2D eigenvalue weighted by molar-refractivity contribution is 7.17. The van der Waals surface area contributed by atoms with Gasteiger partial charge in [-0.1, -0.05) is 23.8 Å². The van der Waals surface area contributed by atoms with E-state index in [1.165, 1.54) is 27.8 Å². The lowest BCUT2D eigenvalue weighted by atomic mass is 9.99. The number of hydrogen-bond acceptors (Lipinski definition) is 5. The molecule has 0 saturated carbocycles. The Balaban J connectivity index is 2.14. The van der Waals surface area contributed by atoms with Gasteiger partial charge >= 0.3 is 5.97 Å². The topological polar surface area (TPSA) is 61.2 Å². The molecule has 0 amide bonds. The maximum Gasteiger partial charge on any atom is 0.326 e. The fraction of sp³-hybridized carbons (Fsp3) is 0.278. The molecule has 0 saturated heterocycles. The van der Waals surface area contributed by atoms with Crippen LogP contribution in [0.2, 0.25) is 0 Å². The number of carbonyl (C=O) groups is 1. The summed E-state index contributed by atoms with van der Waals surface area (Å²) < 4.78 is 6.22. The number of nitrogens with zero attached hydrogens (tertiary/aromatic N) is 2. The molecule has 0 spiro atoms. The molecule has 3 aromatic rings. The molecular weight excluding hydrogens is 324 g/mol. The van der Waals surface area contributed by atoms with Crippen LogP contribution in [0.4, 0.5) is 0 Å². The van der Waals surface area contributed by atoms with Crippen molar-refractivity contribution in [2.75, 3.05) is 6.61 Å². The average Bonchev–Trinajstić information content (AvgIpc) is 2.95. The summed E-state index contributed by atoms with van der Waals surface area (Å²) in [5.74, 6) is -0.441. The van der Waals surface area contributed by atoms with Crippen LogP contribution >= 0.6 is 11.3 Å². The number of carbonyl (C=O) groups excluding carboxylic acids is 1. The van der Waals surface area contributed by atoms with Gasteiger partial charge in [-0.15, -0.1) is 11.3 Å². The molecule has 0 unspecified atom stereocenters. The number of benzene rings is 1. The molecule has 0 atom stereocenters. The van der Waals surface area contributed by atoms with E-state index in [2.05, 4.69) is 11.1 Å². The monoisotopic (exact) mass is 342 g/mol. The number of fused-ring (bicyclic) bond motifs is 1. The number of esters is 1. The summed E-state index contributed by atoms with van der Waals surface area (Å²) in [6.07, 6.45) is 1.41. The Morgan fingerprint density at radius 2 is 2.08 bits per heavy atom. The van der Waals surface area contributed by atoms with Crippen molar-refractivity contribution in [3.63, 3.8) is 0 Å². The molecule has 1 aromatic carbocycles. The van der Waals surface area contributed by atoms with Gasteiger partial charge in [0.25, 0.3) is 5.56 Å². The summed E-state index contributed by atoms with van der Waals surface area (Å²) in [5, 5.41) is 2.50. The minimum Gasteiger partial charge on any atom is -0.465 e. The highest BCUT2D eigenvalue weighted by Crippen LogP contribution is 2.32. The lowest BCUT2D eigenvalue weighted by Gasteiger charge is -2.08. The summed E-state index contributed by atoms with van der Waals surface area (Å²) in [6, 6.07) is 6.14. The van der Waals surface area contributed by atoms with Crippen molar-refractivity contribution in [3.05, 3.63) is 51.4 Å². The summed E-state index contributed by atoms with van der Waals surface area (Å²) in [7, 11) is 0. The lowest BCUT2D eigenvalue weighted by molar-refractivity contribution is -0.143. The lowest BCUT2D eigenvalue weighted by Crippen LogP contribution is -2.25. The zero-order valence-corrected chi connectivity index (χ0v) is 14.6. The maximum atomic E-state index is 12.8. The first-order valence-corrected chi connectivity index (χ1v) is 8.59. The molecule has 6 heteroatoms. The summed E-state index contributed by atoms with van der Waals surface area (Å²) >= 11 is 1.43. The Kier molecular flexibility index (Phi) is 4.49. The molecule has 124 valence electrons. The van der Waals surface area contributed by atoms with Crippen LogP contribution in [-0.2, 0) is 16.1 Å². The van der Waals surface area contributed by atoms with Crippen molar-refractivity contribution < 1.29 is 9.53 Å². The fourth-order valence-electron chi connectivity index (χ4n) is 2.74. The van der Waals surface area contributed by atoms with E-state index >= 15 is 0 Å². The first-order chi connectivity index (χ1) is 11.5. The van der Waals surface area contributed by atoms with E-state index in [0.29, 0.717) is 10.2 Å². The highest BCUT2D eigenvalue weighted by atomic mass is 32.1. The van der Waals surface area contributed by atoms with Crippen LogP contribution in [0, 0.1) is 13.8 Å². The summed E-state index contributed by atoms with van der Waals surface area (Å²) in [5.41, 5.74) is 3.94. The van der Waals surface area contributed by atoms with Crippen LogP contribution in [0.5, 0.6) is 0 Å². The third kappa shape index (κ3) is 2.97. The minimum atomic E-state index is -0.441. The molecule has 3 rings (SSSR count). The van der Waals surface area contributed by atoms with Crippen LogP contribution in [0.3, 0.4) is 0 Å². The van der Waals surface area contributed by atoms with E-state index < -0.39 is 5.97 Å². The average molecular weight is 342 g/mol. The predicted octanol–water partition coefficient (Wildman–Crippen LogP) is 3.30. The van der Waals surface area contributed by atoms with Gasteiger partial charge < -0.3 is 4.74 Å². The van der Waals surface area contributed by atoms with Crippen LogP contribution in [-0.4, -0.2) is 22.1 Å². The smallest absolute Gasteiger partial charge is 0.326 e. The normalized spacial score (nSPS) is 11.0. The van der Waals surface area contributed by atoms with Gasteiger partial charge in [0.05, 0.1) is 18.3 Å². The summed E-state index contributed by atoms with van der Waals surface area (Å²) in [6.45, 7) is 5.96. The number of aromatic nitrogens is 2. The van der Waals surface area contributed by atoms with E-state index in [4.69, 9.17) is 4.74 Å². The standard InChI is InChI=1S/C18H18N2O3S/c1-4-23-15(21)8-20-10-19-17-16(18(20)22)14(9-24-17)13-6-5-11(2)7-12(13)3/h5-7,9-10H,4,8H2,1-3H3. The van der Waals surface area contributed by atoms with Crippen molar-refractivity contribution in [1.29, 1.82) is 0 Å². The van der Waals surface area contributed by atoms with Crippen LogP contribution in [0.1, 0.15) is 18.1 Å². The third-order valence-corrected chi connectivity index (χ3v) is 4.72. The Morgan fingerprint density at radius 3 is 2.79 bits per heavy atom. The SMILES string of the molecule is CCOC(=O)Cn1cnc2scc(-c3ccc(C)cc3C)c2c1=O. The van der Waals surface area contributed by atoms with Crippen LogP contribution in [0.15, 0.2) is 34.7 Å². The number of rotatable bonds is 4. The number of thiophene rings is 1. The Bertz CT molecular complexity index is 972. The molecule has 0 radical (unpaired) electrons. The van der Waals surface area contributed by atoms with Gasteiger partial charge in [-0.3, -0.25) is 14.2 Å². The second-order valence-electron chi connectivity index (χ2n) is 5.63. The predicted molar refractivity (Wildman–Crippen MR) is 95.4 cm³/mol. The van der Waals surface area contributed by atoms with Crippen LogP contribution in [0.25, 0.3) is 21.3 Å². The fourth-order valence-corrected chi connectivity index (χ4v) is 3.64. The first-order valence-electron chi connectivity index (χ1n) is 7.71. The van der Waals surface area contributed by atoms with Gasteiger partial charge in [0.1, 0.15) is 11.4 Å². The van der Waals surface area contributed by atoms with Crippen LogP contribution < -0.4 is 5.56 Å². The van der Waals surface area contributed by atoms with E-state index in [1.54, 1.807) is 6.92 Å². The second kappa shape index (κ2) is 6.57. The van der Waals surface area contributed by atoms with Crippen molar-refractivity contribution in [3.8, 4) is 11.1 Å².